The molecule has 2 N–H and O–H groups in total. The van der Waals surface area contributed by atoms with E-state index in [1.54, 1.807) is 0 Å². The molecule has 0 aliphatic heterocycles. The molecule has 6 rings (SSSR count). The molecule has 4 bridgehead atoms. The molecule has 0 aromatic heterocycles. The predicted molar refractivity (Wildman–Crippen MR) is 147 cm³/mol. The summed E-state index contributed by atoms with van der Waals surface area (Å²) in [7, 11) is 0. The van der Waals surface area contributed by atoms with Crippen LogP contribution in [0.4, 0.5) is 11.4 Å². The summed E-state index contributed by atoms with van der Waals surface area (Å²) in [5.74, 6) is 1.16. The molecule has 4 unspecified atom stereocenters. The van der Waals surface area contributed by atoms with Crippen LogP contribution in [0.3, 0.4) is 0 Å². The summed E-state index contributed by atoms with van der Waals surface area (Å²) >= 11 is 0. The highest BCUT2D eigenvalue weighted by molar-refractivity contribution is 6.11. The molecule has 2 aromatic carbocycles. The molecule has 0 heterocycles. The van der Waals surface area contributed by atoms with Gasteiger partial charge in [0.25, 0.3) is 0 Å². The standard InChI is InChI=1S/C32H38N2O2/c1-19-29(3,4)21-13-15-31(19,17-21)27(35)33-25-11-7-10-24-23(25)9-8-12-26(24)34-28(36)32-16-14-22(18-32)30(5,6)20(32)2/h7-12,21-22H,1-2,13-18H2,3-6H3,(H,33,35)(H,34,36). The van der Waals surface area contributed by atoms with E-state index in [1.165, 1.54) is 0 Å². The zero-order chi connectivity index (χ0) is 25.7. The lowest BCUT2D eigenvalue weighted by Gasteiger charge is -2.37. The maximum absolute atomic E-state index is 13.7. The van der Waals surface area contributed by atoms with Gasteiger partial charge in [-0.3, -0.25) is 9.59 Å². The smallest absolute Gasteiger partial charge is 0.234 e. The minimum atomic E-state index is -0.476. The Labute approximate surface area is 214 Å². The molecule has 4 saturated carbocycles. The van der Waals surface area contributed by atoms with Gasteiger partial charge in [-0.1, -0.05) is 76.3 Å². The Balaban J connectivity index is 1.29. The van der Waals surface area contributed by atoms with Gasteiger partial charge in [-0.25, -0.2) is 0 Å². The highest BCUT2D eigenvalue weighted by atomic mass is 16.2. The van der Waals surface area contributed by atoms with Gasteiger partial charge in [0.2, 0.25) is 11.8 Å². The maximum Gasteiger partial charge on any atom is 0.234 e. The van der Waals surface area contributed by atoms with Crippen LogP contribution in [0.2, 0.25) is 0 Å². The number of nitrogens with one attached hydrogen (secondary N) is 2. The Morgan fingerprint density at radius 3 is 1.44 bits per heavy atom. The number of amides is 2. The van der Waals surface area contributed by atoms with Gasteiger partial charge in [-0.05, 0) is 73.3 Å². The first-order chi connectivity index (χ1) is 16.9. The largest absolute Gasteiger partial charge is 0.325 e. The molecule has 2 aromatic rings. The molecule has 4 heteroatoms. The third-order valence-electron chi connectivity index (χ3n) is 11.1. The Morgan fingerprint density at radius 1 is 0.722 bits per heavy atom. The van der Waals surface area contributed by atoms with Gasteiger partial charge in [0.15, 0.2) is 0 Å². The van der Waals surface area contributed by atoms with Gasteiger partial charge in [-0.15, -0.1) is 0 Å². The summed E-state index contributed by atoms with van der Waals surface area (Å²) in [4.78, 5) is 27.4. The third-order valence-corrected chi connectivity index (χ3v) is 11.1. The van der Waals surface area contributed by atoms with Crippen LogP contribution in [0.15, 0.2) is 60.7 Å². The monoisotopic (exact) mass is 482 g/mol. The summed E-state index contributed by atoms with van der Waals surface area (Å²) in [5, 5.41) is 8.40. The van der Waals surface area contributed by atoms with Crippen molar-refractivity contribution in [3.63, 3.8) is 0 Å². The van der Waals surface area contributed by atoms with E-state index in [2.05, 4.69) is 51.5 Å². The second-order valence-electron chi connectivity index (χ2n) is 13.1. The van der Waals surface area contributed by atoms with E-state index in [0.717, 1.165) is 71.8 Å². The minimum absolute atomic E-state index is 0.00325. The number of anilines is 2. The van der Waals surface area contributed by atoms with E-state index >= 15 is 0 Å². The average Bonchev–Trinajstić information content (AvgIpc) is 3.57. The number of fused-ring (bicyclic) bond motifs is 5. The van der Waals surface area contributed by atoms with Gasteiger partial charge in [-0.2, -0.15) is 0 Å². The zero-order valence-corrected chi connectivity index (χ0v) is 22.1. The number of rotatable bonds is 4. The van der Waals surface area contributed by atoms with Gasteiger partial charge < -0.3 is 10.6 Å². The second kappa shape index (κ2) is 7.34. The fourth-order valence-corrected chi connectivity index (χ4v) is 8.30. The molecule has 0 radical (unpaired) electrons. The van der Waals surface area contributed by atoms with Gasteiger partial charge in [0.05, 0.1) is 10.8 Å². The number of hydrogen-bond donors (Lipinski definition) is 2. The summed E-state index contributed by atoms with van der Waals surface area (Å²) in [6, 6.07) is 11.9. The quantitative estimate of drug-likeness (QED) is 0.444. The number of hydrogen-bond acceptors (Lipinski definition) is 2. The fourth-order valence-electron chi connectivity index (χ4n) is 8.30. The van der Waals surface area contributed by atoms with Crippen LogP contribution in [0.5, 0.6) is 0 Å². The van der Waals surface area contributed by atoms with Crippen molar-refractivity contribution in [3.8, 4) is 0 Å². The van der Waals surface area contributed by atoms with Crippen LogP contribution >= 0.6 is 0 Å². The minimum Gasteiger partial charge on any atom is -0.325 e. The van der Waals surface area contributed by atoms with Crippen LogP contribution in [-0.2, 0) is 9.59 Å². The molecule has 0 saturated heterocycles. The first-order valence-electron chi connectivity index (χ1n) is 13.5. The molecule has 188 valence electrons. The Hall–Kier alpha value is -2.88. The van der Waals surface area contributed by atoms with E-state index < -0.39 is 10.8 Å². The normalized spacial score (nSPS) is 33.3. The Kier molecular flexibility index (Phi) is 4.79. The molecule has 4 aliphatic rings. The molecular formula is C32H38N2O2. The first-order valence-corrected chi connectivity index (χ1v) is 13.5. The van der Waals surface area contributed by atoms with E-state index in [1.807, 2.05) is 36.4 Å². The number of benzene rings is 2. The summed E-state index contributed by atoms with van der Waals surface area (Å²) in [6.07, 6.45) is 5.69. The van der Waals surface area contributed by atoms with Crippen LogP contribution in [0, 0.1) is 33.5 Å². The summed E-state index contributed by atoms with van der Waals surface area (Å²) in [5.41, 5.74) is 2.78. The average molecular weight is 483 g/mol. The van der Waals surface area contributed by atoms with Crippen molar-refractivity contribution < 1.29 is 9.59 Å². The van der Waals surface area contributed by atoms with E-state index in [0.29, 0.717) is 11.8 Å². The lowest BCUT2D eigenvalue weighted by atomic mass is 9.68. The Bertz CT molecular complexity index is 1250. The lowest BCUT2D eigenvalue weighted by Crippen LogP contribution is -2.37. The SMILES string of the molecule is C=C1C2(C(=O)Nc3cccc4c(NC(=O)C56CCC(C5)C(C)(C)C6=C)cccc34)CCC(C2)C1(C)C. The van der Waals surface area contributed by atoms with E-state index in [9.17, 15) is 9.59 Å². The van der Waals surface area contributed by atoms with Crippen molar-refractivity contribution in [1.82, 2.24) is 0 Å². The van der Waals surface area contributed by atoms with Crippen molar-refractivity contribution in [2.45, 2.75) is 66.2 Å². The molecule has 4 atom stereocenters. The first kappa shape index (κ1) is 23.5. The van der Waals surface area contributed by atoms with Crippen molar-refractivity contribution in [2.24, 2.45) is 33.5 Å². The van der Waals surface area contributed by atoms with Gasteiger partial charge in [0.1, 0.15) is 0 Å². The molecule has 0 spiro atoms. The summed E-state index contributed by atoms with van der Waals surface area (Å²) < 4.78 is 0. The maximum atomic E-state index is 13.7. The van der Waals surface area contributed by atoms with E-state index in [-0.39, 0.29) is 22.6 Å². The van der Waals surface area contributed by atoms with Crippen molar-refractivity contribution in [2.75, 3.05) is 10.6 Å². The zero-order valence-electron chi connectivity index (χ0n) is 22.1. The highest BCUT2D eigenvalue weighted by Crippen LogP contribution is 2.66. The van der Waals surface area contributed by atoms with Crippen LogP contribution in [-0.4, -0.2) is 11.8 Å². The summed E-state index contributed by atoms with van der Waals surface area (Å²) in [6.45, 7) is 17.7. The third kappa shape index (κ3) is 2.87. The lowest BCUT2D eigenvalue weighted by molar-refractivity contribution is -0.124. The van der Waals surface area contributed by atoms with Crippen LogP contribution in [0.1, 0.15) is 66.2 Å². The number of carbonyl (C=O) groups excluding carboxylic acids is 2. The molecule has 4 aliphatic carbocycles. The molecule has 4 fully saturated rings. The fraction of sp³-hybridized carbons (Fsp3) is 0.500. The van der Waals surface area contributed by atoms with Crippen molar-refractivity contribution in [3.05, 3.63) is 60.7 Å². The molecule has 4 nitrogen and oxygen atoms in total. The molecule has 36 heavy (non-hydrogen) atoms. The number of carbonyl (C=O) groups is 2. The van der Waals surface area contributed by atoms with Crippen molar-refractivity contribution in [1.29, 1.82) is 0 Å². The van der Waals surface area contributed by atoms with E-state index in [4.69, 9.17) is 0 Å². The van der Waals surface area contributed by atoms with Gasteiger partial charge in [0, 0.05) is 22.1 Å². The molecular weight excluding hydrogens is 444 g/mol. The second-order valence-corrected chi connectivity index (χ2v) is 13.1. The predicted octanol–water partition coefficient (Wildman–Crippen LogP) is 7.48. The Morgan fingerprint density at radius 2 is 1.11 bits per heavy atom. The van der Waals surface area contributed by atoms with Crippen LogP contribution < -0.4 is 10.6 Å². The van der Waals surface area contributed by atoms with Crippen LogP contribution in [0.25, 0.3) is 10.8 Å². The van der Waals surface area contributed by atoms with Crippen molar-refractivity contribution >= 4 is 34.0 Å². The molecule has 2 amide bonds. The topological polar surface area (TPSA) is 58.2 Å². The highest BCUT2D eigenvalue weighted by Gasteiger charge is 2.62. The van der Waals surface area contributed by atoms with Gasteiger partial charge >= 0.3 is 0 Å².